The number of hydrogen-bond donors (Lipinski definition) is 0. The van der Waals surface area contributed by atoms with Crippen LogP contribution >= 0.6 is 24.0 Å². The van der Waals surface area contributed by atoms with Crippen LogP contribution in [0.5, 0.6) is 0 Å². The first kappa shape index (κ1) is 17.1. The van der Waals surface area contributed by atoms with Crippen LogP contribution in [0.15, 0.2) is 47.4 Å². The Kier molecular flexibility index (Phi) is 5.11. The van der Waals surface area contributed by atoms with Crippen molar-refractivity contribution in [2.45, 2.75) is 23.5 Å². The molecule has 0 amide bonds. The highest BCUT2D eigenvalue weighted by Gasteiger charge is 2.18. The maximum Gasteiger partial charge on any atom is 0.0824 e. The lowest BCUT2D eigenvalue weighted by Gasteiger charge is -2.34. The van der Waals surface area contributed by atoms with Gasteiger partial charge >= 0.3 is 0 Å². The molecule has 0 aromatic heterocycles. The monoisotopic (exact) mass is 368 g/mol. The molecule has 0 spiro atoms. The summed E-state index contributed by atoms with van der Waals surface area (Å²) < 4.78 is 0. The minimum absolute atomic E-state index is 0.888. The molecule has 25 heavy (non-hydrogen) atoms. The molecule has 0 N–H and O–H groups in total. The molecule has 0 radical (unpaired) electrons. The number of thioether (sulfide) groups is 1. The van der Waals surface area contributed by atoms with Crippen molar-refractivity contribution in [1.29, 1.82) is 0 Å². The second kappa shape index (κ2) is 7.48. The van der Waals surface area contributed by atoms with E-state index in [4.69, 9.17) is 12.2 Å². The van der Waals surface area contributed by atoms with Gasteiger partial charge in [-0.3, -0.25) is 0 Å². The molecule has 1 saturated heterocycles. The summed E-state index contributed by atoms with van der Waals surface area (Å²) in [6.45, 7) is 4.34. The van der Waals surface area contributed by atoms with Gasteiger partial charge in [-0.25, -0.2) is 0 Å². The van der Waals surface area contributed by atoms with Crippen molar-refractivity contribution in [2.75, 3.05) is 33.2 Å². The third-order valence-electron chi connectivity index (χ3n) is 5.22. The largest absolute Gasteiger partial charge is 0.363 e. The minimum atomic E-state index is 0.888. The third-order valence-corrected chi connectivity index (χ3v) is 6.79. The molecule has 130 valence electrons. The summed E-state index contributed by atoms with van der Waals surface area (Å²) >= 11 is 7.70. The fourth-order valence-electron chi connectivity index (χ4n) is 3.60. The SMILES string of the molecule is CN1CCN(C(=S)Cc2ccc3c(c2)Cc2ccccc2CS3)CC1. The van der Waals surface area contributed by atoms with Crippen molar-refractivity contribution in [1.82, 2.24) is 9.80 Å². The Morgan fingerprint density at radius 3 is 2.56 bits per heavy atom. The van der Waals surface area contributed by atoms with Gasteiger partial charge in [0.25, 0.3) is 0 Å². The molecule has 4 heteroatoms. The van der Waals surface area contributed by atoms with Crippen molar-refractivity contribution in [3.63, 3.8) is 0 Å². The van der Waals surface area contributed by atoms with E-state index in [0.29, 0.717) is 0 Å². The van der Waals surface area contributed by atoms with E-state index in [1.54, 1.807) is 0 Å². The Labute approximate surface area is 160 Å². The third kappa shape index (κ3) is 3.91. The molecule has 0 saturated carbocycles. The molecule has 2 heterocycles. The Morgan fingerprint density at radius 2 is 1.76 bits per heavy atom. The molecule has 2 nitrogen and oxygen atoms in total. The molecule has 2 aliphatic heterocycles. The zero-order valence-electron chi connectivity index (χ0n) is 14.7. The van der Waals surface area contributed by atoms with E-state index in [1.807, 2.05) is 11.8 Å². The van der Waals surface area contributed by atoms with Gasteiger partial charge in [0.1, 0.15) is 0 Å². The van der Waals surface area contributed by atoms with Crippen LogP contribution in [0.25, 0.3) is 0 Å². The summed E-state index contributed by atoms with van der Waals surface area (Å²) in [5.74, 6) is 1.07. The molecule has 2 aromatic rings. The van der Waals surface area contributed by atoms with Gasteiger partial charge in [0.2, 0.25) is 0 Å². The van der Waals surface area contributed by atoms with E-state index in [1.165, 1.54) is 27.1 Å². The molecule has 2 aromatic carbocycles. The highest BCUT2D eigenvalue weighted by Crippen LogP contribution is 2.34. The first-order valence-corrected chi connectivity index (χ1v) is 10.4. The van der Waals surface area contributed by atoms with Crippen LogP contribution in [-0.2, 0) is 18.6 Å². The van der Waals surface area contributed by atoms with E-state index < -0.39 is 0 Å². The van der Waals surface area contributed by atoms with E-state index in [9.17, 15) is 0 Å². The Hall–Kier alpha value is -1.36. The summed E-state index contributed by atoms with van der Waals surface area (Å²) in [5.41, 5.74) is 5.74. The summed E-state index contributed by atoms with van der Waals surface area (Å²) in [6.07, 6.45) is 1.92. The van der Waals surface area contributed by atoms with Gasteiger partial charge in [0, 0.05) is 43.2 Å². The Balaban J connectivity index is 1.50. The predicted molar refractivity (Wildman–Crippen MR) is 111 cm³/mol. The van der Waals surface area contributed by atoms with E-state index in [0.717, 1.165) is 49.8 Å². The predicted octanol–water partition coefficient (Wildman–Crippen LogP) is 4.00. The number of benzene rings is 2. The number of fused-ring (bicyclic) bond motifs is 2. The molecule has 1 fully saturated rings. The number of piperazine rings is 1. The topological polar surface area (TPSA) is 6.48 Å². The summed E-state index contributed by atoms with van der Waals surface area (Å²) in [6, 6.07) is 15.8. The second-order valence-corrected chi connectivity index (χ2v) is 8.53. The molecular weight excluding hydrogens is 344 g/mol. The van der Waals surface area contributed by atoms with Gasteiger partial charge in [0.15, 0.2) is 0 Å². The fraction of sp³-hybridized carbons (Fsp3) is 0.381. The lowest BCUT2D eigenvalue weighted by Crippen LogP contribution is -2.47. The molecule has 2 aliphatic rings. The quantitative estimate of drug-likeness (QED) is 0.739. The smallest absolute Gasteiger partial charge is 0.0824 e. The van der Waals surface area contributed by atoms with Crippen molar-refractivity contribution in [3.05, 3.63) is 64.7 Å². The number of hydrogen-bond acceptors (Lipinski definition) is 3. The van der Waals surface area contributed by atoms with Crippen molar-refractivity contribution in [2.24, 2.45) is 0 Å². The zero-order chi connectivity index (χ0) is 17.2. The number of thiocarbonyl (C=S) groups is 1. The molecule has 0 unspecified atom stereocenters. The first-order valence-electron chi connectivity index (χ1n) is 8.97. The van der Waals surface area contributed by atoms with Crippen LogP contribution in [0.2, 0.25) is 0 Å². The normalized spacial score (nSPS) is 17.6. The van der Waals surface area contributed by atoms with Gasteiger partial charge in [-0.1, -0.05) is 48.6 Å². The van der Waals surface area contributed by atoms with Gasteiger partial charge in [0.05, 0.1) is 4.99 Å². The number of nitrogens with zero attached hydrogens (tertiary/aromatic N) is 2. The van der Waals surface area contributed by atoms with Gasteiger partial charge in [-0.2, -0.15) is 0 Å². The Morgan fingerprint density at radius 1 is 1.00 bits per heavy atom. The molecule has 0 aliphatic carbocycles. The Bertz CT molecular complexity index is 779. The van der Waals surface area contributed by atoms with Crippen LogP contribution in [0.4, 0.5) is 0 Å². The van der Waals surface area contributed by atoms with Crippen LogP contribution in [0, 0.1) is 0 Å². The molecule has 0 atom stereocenters. The van der Waals surface area contributed by atoms with Crippen molar-refractivity contribution in [3.8, 4) is 0 Å². The lowest BCUT2D eigenvalue weighted by atomic mass is 9.98. The van der Waals surface area contributed by atoms with Crippen LogP contribution < -0.4 is 0 Å². The summed E-state index contributed by atoms with van der Waals surface area (Å²) in [4.78, 5) is 7.27. The van der Waals surface area contributed by atoms with E-state index in [2.05, 4.69) is 59.3 Å². The summed E-state index contributed by atoms with van der Waals surface area (Å²) in [5, 5.41) is 0. The molecule has 4 rings (SSSR count). The standard InChI is InChI=1S/C21H24N2S2/c1-22-8-10-23(11-9-22)21(24)13-16-6-7-20-19(12-16)14-17-4-2-3-5-18(17)15-25-20/h2-7,12H,8-11,13-15H2,1H3. The van der Waals surface area contributed by atoms with Crippen LogP contribution in [0.1, 0.15) is 22.3 Å². The zero-order valence-corrected chi connectivity index (χ0v) is 16.3. The van der Waals surface area contributed by atoms with Gasteiger partial charge in [-0.15, -0.1) is 11.8 Å². The first-order chi connectivity index (χ1) is 12.2. The van der Waals surface area contributed by atoms with E-state index in [-0.39, 0.29) is 0 Å². The van der Waals surface area contributed by atoms with E-state index >= 15 is 0 Å². The molecular formula is C21H24N2S2. The molecule has 0 bridgehead atoms. The maximum absolute atomic E-state index is 5.74. The van der Waals surface area contributed by atoms with Crippen molar-refractivity contribution >= 4 is 29.0 Å². The fourth-order valence-corrected chi connectivity index (χ4v) is 5.02. The minimum Gasteiger partial charge on any atom is -0.363 e. The second-order valence-electron chi connectivity index (χ2n) is 7.04. The van der Waals surface area contributed by atoms with Crippen LogP contribution in [-0.4, -0.2) is 48.0 Å². The van der Waals surface area contributed by atoms with Gasteiger partial charge < -0.3 is 9.80 Å². The highest BCUT2D eigenvalue weighted by molar-refractivity contribution is 7.98. The maximum atomic E-state index is 5.74. The average Bonchev–Trinajstić information content (AvgIpc) is 2.81. The number of likely N-dealkylation sites (N-methyl/N-ethyl adjacent to an activating group) is 1. The summed E-state index contributed by atoms with van der Waals surface area (Å²) in [7, 11) is 2.18. The average molecular weight is 369 g/mol. The van der Waals surface area contributed by atoms with Gasteiger partial charge in [-0.05, 0) is 41.8 Å². The van der Waals surface area contributed by atoms with Crippen molar-refractivity contribution < 1.29 is 0 Å². The number of rotatable bonds is 2. The van der Waals surface area contributed by atoms with Crippen LogP contribution in [0.3, 0.4) is 0 Å². The lowest BCUT2D eigenvalue weighted by molar-refractivity contribution is 0.216. The highest BCUT2D eigenvalue weighted by atomic mass is 32.2.